The zero-order valence-corrected chi connectivity index (χ0v) is 35.7. The van der Waals surface area contributed by atoms with Crippen LogP contribution in [0.1, 0.15) is 0 Å². The van der Waals surface area contributed by atoms with Gasteiger partial charge >= 0.3 is 5.82 Å². The van der Waals surface area contributed by atoms with E-state index in [0.717, 1.165) is 60.9 Å². The molecule has 0 fully saturated rings. The van der Waals surface area contributed by atoms with Crippen LogP contribution in [0.4, 0.5) is 0 Å². The Hall–Kier alpha value is -8.93. The Morgan fingerprint density at radius 3 is 1.67 bits per heavy atom. The molecule has 0 amide bonds. The molecule has 3 aromatic heterocycles. The minimum absolute atomic E-state index is 0.676. The molecule has 3 heterocycles. The quantitative estimate of drug-likeness (QED) is 0.162. The smallest absolute Gasteiger partial charge is 0.307 e. The first-order valence-corrected chi connectivity index (χ1v) is 22.5. The number of nitrogens with zero attached hydrogens (tertiary/aromatic N) is 5. The highest BCUT2D eigenvalue weighted by Crippen LogP contribution is 2.45. The molecule has 0 bridgehead atoms. The standard InChI is InChI=1S/C61H38N5/c1-5-23-43-39(17-1)21-15-29-49(43)60-62-38-64(61(63-60)50-30-16-22-40-18-2-6-24-44(40)50)54-33-13-14-34-55(54)65-53-32-12-10-28-51(53)57-56(65)37-42-20-4-8-26-46(42)59(57)66-52-31-11-9-27-47(52)48-36-35-41-19-3-7-25-45(41)58(48)66/h1-38H/q+1. The SMILES string of the molecule is c1ccc(-[n+]2cnc(-c3cccc4ccccc34)nc2-c2cccc3ccccc23)c(-n2c3ccccc3c3c(-n4c5ccccc5c5ccc6ccccc6c54)c4ccccc4cc32)c1. The summed E-state index contributed by atoms with van der Waals surface area (Å²) in [6.45, 7) is 0. The summed E-state index contributed by atoms with van der Waals surface area (Å²) in [6.07, 6.45) is 1.97. The second-order valence-corrected chi connectivity index (χ2v) is 17.1. The van der Waals surface area contributed by atoms with Gasteiger partial charge in [-0.15, -0.1) is 0 Å². The molecule has 5 heteroatoms. The van der Waals surface area contributed by atoms with Crippen molar-refractivity contribution in [1.82, 2.24) is 19.1 Å². The van der Waals surface area contributed by atoms with Crippen LogP contribution < -0.4 is 4.57 Å². The van der Waals surface area contributed by atoms with Gasteiger partial charge in [-0.1, -0.05) is 192 Å². The summed E-state index contributed by atoms with van der Waals surface area (Å²) in [4.78, 5) is 10.7. The predicted octanol–water partition coefficient (Wildman–Crippen LogP) is 14.9. The minimum atomic E-state index is 0.676. The van der Waals surface area contributed by atoms with Crippen molar-refractivity contribution in [3.05, 3.63) is 231 Å². The third-order valence-corrected chi connectivity index (χ3v) is 13.6. The number of aromatic nitrogens is 5. The van der Waals surface area contributed by atoms with Crippen molar-refractivity contribution in [1.29, 1.82) is 0 Å². The fraction of sp³-hybridized carbons (Fsp3) is 0. The van der Waals surface area contributed by atoms with Crippen LogP contribution in [-0.4, -0.2) is 19.1 Å². The van der Waals surface area contributed by atoms with Crippen LogP contribution in [-0.2, 0) is 0 Å². The van der Waals surface area contributed by atoms with Gasteiger partial charge in [-0.05, 0) is 74.8 Å². The van der Waals surface area contributed by atoms with Crippen molar-refractivity contribution >= 4 is 86.7 Å². The van der Waals surface area contributed by atoms with E-state index in [9.17, 15) is 0 Å². The molecular formula is C61H38N5+. The summed E-state index contributed by atoms with van der Waals surface area (Å²) < 4.78 is 7.20. The van der Waals surface area contributed by atoms with Gasteiger partial charge in [0, 0.05) is 32.3 Å². The number of benzene rings is 11. The Balaban J connectivity index is 1.10. The van der Waals surface area contributed by atoms with Crippen LogP contribution in [0.15, 0.2) is 231 Å². The molecule has 0 N–H and O–H groups in total. The molecule has 14 rings (SSSR count). The number of rotatable bonds is 5. The molecule has 66 heavy (non-hydrogen) atoms. The van der Waals surface area contributed by atoms with E-state index in [2.05, 4.69) is 238 Å². The Morgan fingerprint density at radius 2 is 0.909 bits per heavy atom. The van der Waals surface area contributed by atoms with Gasteiger partial charge in [0.2, 0.25) is 6.33 Å². The fourth-order valence-electron chi connectivity index (χ4n) is 10.8. The van der Waals surface area contributed by atoms with E-state index in [-0.39, 0.29) is 0 Å². The molecule has 0 aliphatic carbocycles. The van der Waals surface area contributed by atoms with Gasteiger partial charge in [-0.2, -0.15) is 4.57 Å². The summed E-state index contributed by atoms with van der Waals surface area (Å²) in [6, 6.07) is 80.9. The van der Waals surface area contributed by atoms with E-state index in [1.165, 1.54) is 59.8 Å². The normalized spacial score (nSPS) is 11.9. The maximum absolute atomic E-state index is 5.55. The van der Waals surface area contributed by atoms with Gasteiger partial charge in [0.05, 0.1) is 44.6 Å². The fourth-order valence-corrected chi connectivity index (χ4v) is 10.8. The molecule has 0 spiro atoms. The topological polar surface area (TPSA) is 39.5 Å². The molecule has 0 saturated heterocycles. The summed E-state index contributed by atoms with van der Waals surface area (Å²) in [7, 11) is 0. The van der Waals surface area contributed by atoms with E-state index in [4.69, 9.17) is 9.97 Å². The molecule has 14 aromatic rings. The molecule has 11 aromatic carbocycles. The van der Waals surface area contributed by atoms with Crippen LogP contribution in [0.25, 0.3) is 127 Å². The summed E-state index contributed by atoms with van der Waals surface area (Å²) in [5.74, 6) is 1.48. The van der Waals surface area contributed by atoms with Gasteiger partial charge < -0.3 is 9.13 Å². The molecule has 0 saturated carbocycles. The van der Waals surface area contributed by atoms with Crippen molar-refractivity contribution < 1.29 is 4.57 Å². The van der Waals surface area contributed by atoms with E-state index in [1.807, 2.05) is 6.33 Å². The lowest BCUT2D eigenvalue weighted by atomic mass is 10.0. The van der Waals surface area contributed by atoms with E-state index in [0.29, 0.717) is 5.82 Å². The molecule has 0 atom stereocenters. The molecule has 0 aliphatic rings. The number of hydrogen-bond donors (Lipinski definition) is 0. The van der Waals surface area contributed by atoms with Crippen LogP contribution >= 0.6 is 0 Å². The third kappa shape index (κ3) is 5.31. The van der Waals surface area contributed by atoms with Crippen LogP contribution in [0.3, 0.4) is 0 Å². The van der Waals surface area contributed by atoms with Gasteiger partial charge in [-0.25, -0.2) is 0 Å². The van der Waals surface area contributed by atoms with Gasteiger partial charge in [0.15, 0.2) is 0 Å². The molecule has 0 unspecified atom stereocenters. The molecule has 0 aliphatic heterocycles. The third-order valence-electron chi connectivity index (χ3n) is 13.6. The highest BCUT2D eigenvalue weighted by atomic mass is 15.1. The van der Waals surface area contributed by atoms with Gasteiger partial charge in [0.1, 0.15) is 5.69 Å². The zero-order valence-electron chi connectivity index (χ0n) is 35.7. The Bertz CT molecular complexity index is 4300. The first-order chi connectivity index (χ1) is 32.8. The van der Waals surface area contributed by atoms with E-state index >= 15 is 0 Å². The van der Waals surface area contributed by atoms with Crippen molar-refractivity contribution in [2.45, 2.75) is 0 Å². The summed E-state index contributed by atoms with van der Waals surface area (Å²) in [5.41, 5.74) is 9.79. The van der Waals surface area contributed by atoms with Crippen molar-refractivity contribution in [3.8, 4) is 39.8 Å². The first kappa shape index (κ1) is 36.5. The average molecular weight is 841 g/mol. The van der Waals surface area contributed by atoms with Crippen molar-refractivity contribution in [3.63, 3.8) is 0 Å². The van der Waals surface area contributed by atoms with Crippen LogP contribution in [0.2, 0.25) is 0 Å². The maximum Gasteiger partial charge on any atom is 0.308 e. The van der Waals surface area contributed by atoms with Crippen LogP contribution in [0.5, 0.6) is 0 Å². The minimum Gasteiger partial charge on any atom is -0.307 e. The van der Waals surface area contributed by atoms with Crippen LogP contribution in [0, 0.1) is 0 Å². The highest BCUT2D eigenvalue weighted by Gasteiger charge is 2.28. The van der Waals surface area contributed by atoms with E-state index in [1.54, 1.807) is 0 Å². The lowest BCUT2D eigenvalue weighted by molar-refractivity contribution is -0.590. The molecule has 306 valence electrons. The lowest BCUT2D eigenvalue weighted by Gasteiger charge is -2.17. The van der Waals surface area contributed by atoms with E-state index < -0.39 is 0 Å². The molecular weight excluding hydrogens is 803 g/mol. The first-order valence-electron chi connectivity index (χ1n) is 22.5. The predicted molar refractivity (Wildman–Crippen MR) is 273 cm³/mol. The van der Waals surface area contributed by atoms with Crippen molar-refractivity contribution in [2.24, 2.45) is 0 Å². The molecule has 5 nitrogen and oxygen atoms in total. The second kappa shape index (κ2) is 14.3. The lowest BCUT2D eigenvalue weighted by Crippen LogP contribution is -2.36. The summed E-state index contributed by atoms with van der Waals surface area (Å²) in [5, 5.41) is 14.2. The number of fused-ring (bicyclic) bond motifs is 11. The molecule has 0 radical (unpaired) electrons. The van der Waals surface area contributed by atoms with Gasteiger partial charge in [-0.3, -0.25) is 0 Å². The highest BCUT2D eigenvalue weighted by molar-refractivity contribution is 6.24. The Morgan fingerprint density at radius 1 is 0.364 bits per heavy atom. The Kier molecular flexibility index (Phi) is 7.91. The maximum atomic E-state index is 5.55. The number of para-hydroxylation sites is 4. The Labute approximate surface area is 379 Å². The zero-order chi connectivity index (χ0) is 43.3. The van der Waals surface area contributed by atoms with Crippen molar-refractivity contribution in [2.75, 3.05) is 0 Å². The number of hydrogen-bond acceptors (Lipinski definition) is 2. The monoisotopic (exact) mass is 840 g/mol. The average Bonchev–Trinajstić information content (AvgIpc) is 3.90. The second-order valence-electron chi connectivity index (χ2n) is 17.1. The van der Waals surface area contributed by atoms with Gasteiger partial charge in [0.25, 0.3) is 5.82 Å². The largest absolute Gasteiger partial charge is 0.308 e. The summed E-state index contributed by atoms with van der Waals surface area (Å²) >= 11 is 0.